The molecule has 3 aromatic heterocycles. The van der Waals surface area contributed by atoms with Crippen LogP contribution in [0.2, 0.25) is 0 Å². The van der Waals surface area contributed by atoms with Crippen molar-refractivity contribution in [3.05, 3.63) is 60.0 Å². The Hall–Kier alpha value is -2.35. The molecule has 1 aromatic carbocycles. The van der Waals surface area contributed by atoms with Gasteiger partial charge in [0.05, 0.1) is 11.0 Å². The minimum absolute atomic E-state index is 1.13. The van der Waals surface area contributed by atoms with Crippen LogP contribution in [0.1, 0.15) is 11.3 Å². The highest BCUT2D eigenvalue weighted by molar-refractivity contribution is 6.13. The summed E-state index contributed by atoms with van der Waals surface area (Å²) in [6, 6.07) is 13.3. The van der Waals surface area contributed by atoms with E-state index in [-0.39, 0.29) is 0 Å². The molecule has 19 heavy (non-hydrogen) atoms. The van der Waals surface area contributed by atoms with E-state index in [2.05, 4.69) is 45.8 Å². The molecule has 0 saturated carbocycles. The van der Waals surface area contributed by atoms with Crippen LogP contribution in [0.4, 0.5) is 0 Å². The molecular weight excluding hydrogens is 232 g/mol. The Bertz CT molecular complexity index is 963. The van der Waals surface area contributed by atoms with Gasteiger partial charge >= 0.3 is 0 Å². The monoisotopic (exact) mass is 244 g/mol. The molecule has 5 rings (SSSR count). The van der Waals surface area contributed by atoms with E-state index < -0.39 is 0 Å². The van der Waals surface area contributed by atoms with Crippen molar-refractivity contribution in [3.63, 3.8) is 0 Å². The summed E-state index contributed by atoms with van der Waals surface area (Å²) in [5.74, 6) is 0. The van der Waals surface area contributed by atoms with E-state index in [4.69, 9.17) is 0 Å². The van der Waals surface area contributed by atoms with E-state index in [0.29, 0.717) is 0 Å². The van der Waals surface area contributed by atoms with E-state index >= 15 is 0 Å². The smallest absolute Gasteiger partial charge is 0.0569 e. The predicted molar refractivity (Wildman–Crippen MR) is 77.6 cm³/mol. The molecule has 0 saturated heterocycles. The van der Waals surface area contributed by atoms with Crippen LogP contribution in [0.3, 0.4) is 0 Å². The third kappa shape index (κ3) is 1.05. The third-order valence-electron chi connectivity index (χ3n) is 4.34. The van der Waals surface area contributed by atoms with Gasteiger partial charge in [-0.15, -0.1) is 0 Å². The van der Waals surface area contributed by atoms with Gasteiger partial charge in [0.25, 0.3) is 0 Å². The predicted octanol–water partition coefficient (Wildman–Crippen LogP) is 3.74. The van der Waals surface area contributed by atoms with Gasteiger partial charge < -0.3 is 4.40 Å². The van der Waals surface area contributed by atoms with Crippen molar-refractivity contribution < 1.29 is 0 Å². The molecule has 4 heterocycles. The molecule has 2 nitrogen and oxygen atoms in total. The number of fused-ring (bicyclic) bond motifs is 3. The summed E-state index contributed by atoms with van der Waals surface area (Å²) in [5.41, 5.74) is 5.56. The Morgan fingerprint density at radius 2 is 1.89 bits per heavy atom. The first-order chi connectivity index (χ1) is 9.43. The molecule has 0 aliphatic carbocycles. The zero-order chi connectivity index (χ0) is 12.4. The van der Waals surface area contributed by atoms with Crippen LogP contribution in [0, 0.1) is 0 Å². The van der Waals surface area contributed by atoms with E-state index in [1.54, 1.807) is 0 Å². The first kappa shape index (κ1) is 9.56. The van der Waals surface area contributed by atoms with Gasteiger partial charge in [-0.1, -0.05) is 18.2 Å². The molecule has 0 atom stereocenters. The molecule has 0 bridgehead atoms. The largest absolute Gasteiger partial charge is 0.313 e. The number of nitrogens with zero attached hydrogens (tertiary/aromatic N) is 2. The number of pyridine rings is 2. The van der Waals surface area contributed by atoms with E-state index in [9.17, 15) is 0 Å². The molecule has 1 aliphatic rings. The lowest BCUT2D eigenvalue weighted by atomic mass is 9.98. The number of benzene rings is 1. The highest BCUT2D eigenvalue weighted by atomic mass is 14.9. The molecule has 0 radical (unpaired) electrons. The number of para-hydroxylation sites is 1. The zero-order valence-corrected chi connectivity index (χ0v) is 10.4. The fraction of sp³-hybridized carbons (Fsp3) is 0.118. The first-order valence-corrected chi connectivity index (χ1v) is 6.71. The van der Waals surface area contributed by atoms with Gasteiger partial charge in [0.2, 0.25) is 0 Å². The average Bonchev–Trinajstić information content (AvgIpc) is 2.91. The third-order valence-corrected chi connectivity index (χ3v) is 4.34. The Morgan fingerprint density at radius 1 is 0.895 bits per heavy atom. The van der Waals surface area contributed by atoms with Crippen molar-refractivity contribution in [1.29, 1.82) is 0 Å². The maximum atomic E-state index is 4.31. The van der Waals surface area contributed by atoms with Crippen LogP contribution in [-0.2, 0) is 12.8 Å². The maximum Gasteiger partial charge on any atom is 0.0569 e. The number of rotatable bonds is 0. The molecule has 0 unspecified atom stereocenters. The van der Waals surface area contributed by atoms with E-state index in [1.165, 1.54) is 38.4 Å². The van der Waals surface area contributed by atoms with Gasteiger partial charge in [-0.25, -0.2) is 0 Å². The Kier molecular flexibility index (Phi) is 1.59. The summed E-state index contributed by atoms with van der Waals surface area (Å²) in [7, 11) is 0. The topological polar surface area (TPSA) is 17.3 Å². The molecule has 0 N–H and O–H groups in total. The van der Waals surface area contributed by atoms with Crippen LogP contribution in [0.15, 0.2) is 48.8 Å². The standard InChI is InChI=1S/C17H12N2/c1-2-11-4-5-12-6-7-16-15-10-18-9-8-13(15)14(3-1)17(11)19(12)16/h1-3,6-10H,4-5H2. The Balaban J connectivity index is 2.27. The second kappa shape index (κ2) is 3.15. The van der Waals surface area contributed by atoms with Gasteiger partial charge in [0, 0.05) is 28.9 Å². The van der Waals surface area contributed by atoms with Crippen molar-refractivity contribution in [2.24, 2.45) is 0 Å². The molecule has 2 heteroatoms. The quantitative estimate of drug-likeness (QED) is 0.431. The Morgan fingerprint density at radius 3 is 2.89 bits per heavy atom. The van der Waals surface area contributed by atoms with Gasteiger partial charge in [-0.05, 0) is 42.0 Å². The van der Waals surface area contributed by atoms with Crippen LogP contribution < -0.4 is 0 Å². The summed E-state index contributed by atoms with van der Waals surface area (Å²) >= 11 is 0. The molecule has 90 valence electrons. The van der Waals surface area contributed by atoms with E-state index in [1.807, 2.05) is 12.4 Å². The highest BCUT2D eigenvalue weighted by Gasteiger charge is 2.17. The summed E-state index contributed by atoms with van der Waals surface area (Å²) in [6.45, 7) is 0. The summed E-state index contributed by atoms with van der Waals surface area (Å²) in [6.07, 6.45) is 6.15. The molecule has 4 aromatic rings. The summed E-state index contributed by atoms with van der Waals surface area (Å²) in [5, 5.41) is 3.91. The van der Waals surface area contributed by atoms with Crippen molar-refractivity contribution >= 4 is 27.2 Å². The zero-order valence-electron chi connectivity index (χ0n) is 10.4. The summed E-state index contributed by atoms with van der Waals surface area (Å²) in [4.78, 5) is 4.31. The highest BCUT2D eigenvalue weighted by Crippen LogP contribution is 2.35. The van der Waals surface area contributed by atoms with Crippen LogP contribution >= 0.6 is 0 Å². The number of aromatic nitrogens is 2. The number of hydrogen-bond acceptors (Lipinski definition) is 1. The van der Waals surface area contributed by atoms with Gasteiger partial charge in [0.1, 0.15) is 0 Å². The summed E-state index contributed by atoms with van der Waals surface area (Å²) < 4.78 is 2.43. The second-order valence-corrected chi connectivity index (χ2v) is 5.28. The van der Waals surface area contributed by atoms with Crippen molar-refractivity contribution in [2.75, 3.05) is 0 Å². The van der Waals surface area contributed by atoms with Gasteiger partial charge in [0.15, 0.2) is 0 Å². The lowest BCUT2D eigenvalue weighted by Gasteiger charge is -2.18. The average molecular weight is 244 g/mol. The second-order valence-electron chi connectivity index (χ2n) is 5.28. The minimum Gasteiger partial charge on any atom is -0.313 e. The number of hydrogen-bond donors (Lipinski definition) is 0. The molecule has 0 spiro atoms. The molecule has 1 aliphatic heterocycles. The van der Waals surface area contributed by atoms with Gasteiger partial charge in [-0.3, -0.25) is 4.98 Å². The molecule has 0 amide bonds. The van der Waals surface area contributed by atoms with Crippen molar-refractivity contribution in [1.82, 2.24) is 9.38 Å². The first-order valence-electron chi connectivity index (χ1n) is 6.71. The Labute approximate surface area is 110 Å². The SMILES string of the molecule is c1cc2c3c(c1)c1ccncc1c1ccc(n13)CC2. The lowest BCUT2D eigenvalue weighted by molar-refractivity contribution is 0.877. The fourth-order valence-corrected chi connectivity index (χ4v) is 3.52. The lowest BCUT2D eigenvalue weighted by Crippen LogP contribution is -2.06. The van der Waals surface area contributed by atoms with Crippen molar-refractivity contribution in [2.45, 2.75) is 12.8 Å². The van der Waals surface area contributed by atoms with Gasteiger partial charge in [-0.2, -0.15) is 0 Å². The molecular formula is C17H12N2. The normalized spacial score (nSPS) is 13.9. The van der Waals surface area contributed by atoms with Crippen LogP contribution in [-0.4, -0.2) is 9.38 Å². The minimum atomic E-state index is 1.13. The van der Waals surface area contributed by atoms with Crippen LogP contribution in [0.5, 0.6) is 0 Å². The van der Waals surface area contributed by atoms with Crippen LogP contribution in [0.25, 0.3) is 27.2 Å². The maximum absolute atomic E-state index is 4.31. The van der Waals surface area contributed by atoms with E-state index in [0.717, 1.165) is 12.8 Å². The molecule has 0 fully saturated rings. The number of aryl methyl sites for hydroxylation is 2. The fourth-order valence-electron chi connectivity index (χ4n) is 3.52. The van der Waals surface area contributed by atoms with Crippen molar-refractivity contribution in [3.8, 4) is 0 Å².